The van der Waals surface area contributed by atoms with Gasteiger partial charge in [-0.25, -0.2) is 4.39 Å². The van der Waals surface area contributed by atoms with Gasteiger partial charge in [-0.3, -0.25) is 0 Å². The van der Waals surface area contributed by atoms with Crippen LogP contribution in [0.4, 0.5) is 16.3 Å². The third-order valence-electron chi connectivity index (χ3n) is 3.20. The lowest BCUT2D eigenvalue weighted by atomic mass is 10.1. The van der Waals surface area contributed by atoms with E-state index in [4.69, 9.17) is 5.73 Å². The summed E-state index contributed by atoms with van der Waals surface area (Å²) in [5.74, 6) is 0.768. The Bertz CT molecular complexity index is 611. The van der Waals surface area contributed by atoms with Crippen LogP contribution >= 0.6 is 0 Å². The number of benzene rings is 1. The number of halogens is 1. The van der Waals surface area contributed by atoms with E-state index in [2.05, 4.69) is 15.0 Å². The highest BCUT2D eigenvalue weighted by atomic mass is 19.1. The Morgan fingerprint density at radius 1 is 1.15 bits per heavy atom. The molecule has 20 heavy (non-hydrogen) atoms. The first-order valence-electron chi connectivity index (χ1n) is 6.58. The van der Waals surface area contributed by atoms with Gasteiger partial charge in [0.15, 0.2) is 5.82 Å². The second kappa shape index (κ2) is 5.81. The van der Waals surface area contributed by atoms with E-state index in [0.29, 0.717) is 22.9 Å². The van der Waals surface area contributed by atoms with Crippen LogP contribution in [0.5, 0.6) is 0 Å². The van der Waals surface area contributed by atoms with Gasteiger partial charge in [0.25, 0.3) is 0 Å². The highest BCUT2D eigenvalue weighted by Gasteiger charge is 2.13. The van der Waals surface area contributed by atoms with Crippen molar-refractivity contribution in [3.8, 4) is 11.4 Å². The van der Waals surface area contributed by atoms with Gasteiger partial charge in [-0.1, -0.05) is 12.1 Å². The lowest BCUT2D eigenvalue weighted by Crippen LogP contribution is -2.25. The Balaban J connectivity index is 2.55. The van der Waals surface area contributed by atoms with E-state index < -0.39 is 0 Å². The molecule has 0 aliphatic carbocycles. The normalized spacial score (nSPS) is 10.6. The van der Waals surface area contributed by atoms with E-state index in [-0.39, 0.29) is 11.8 Å². The fourth-order valence-corrected chi connectivity index (χ4v) is 2.00. The van der Waals surface area contributed by atoms with E-state index >= 15 is 0 Å². The number of hydrogen-bond acceptors (Lipinski definition) is 5. The van der Waals surface area contributed by atoms with Gasteiger partial charge in [0.1, 0.15) is 5.82 Å². The fourth-order valence-electron chi connectivity index (χ4n) is 2.00. The van der Waals surface area contributed by atoms with Crippen molar-refractivity contribution in [2.45, 2.75) is 20.8 Å². The van der Waals surface area contributed by atoms with Crippen LogP contribution in [0.3, 0.4) is 0 Å². The molecule has 0 fully saturated rings. The molecule has 1 heterocycles. The molecule has 0 radical (unpaired) electrons. The van der Waals surface area contributed by atoms with Crippen molar-refractivity contribution in [2.24, 2.45) is 0 Å². The maximum Gasteiger partial charge on any atom is 0.230 e. The molecule has 5 nitrogen and oxygen atoms in total. The molecule has 6 heteroatoms. The number of nitrogens with zero attached hydrogens (tertiary/aromatic N) is 4. The topological polar surface area (TPSA) is 67.9 Å². The van der Waals surface area contributed by atoms with Crippen LogP contribution in [0.15, 0.2) is 18.2 Å². The second-order valence-electron chi connectivity index (χ2n) is 4.40. The average molecular weight is 275 g/mol. The summed E-state index contributed by atoms with van der Waals surface area (Å²) in [5.41, 5.74) is 6.88. The highest BCUT2D eigenvalue weighted by Crippen LogP contribution is 2.23. The summed E-state index contributed by atoms with van der Waals surface area (Å²) in [7, 11) is 0. The molecule has 0 aliphatic rings. The van der Waals surface area contributed by atoms with Gasteiger partial charge >= 0.3 is 0 Å². The van der Waals surface area contributed by atoms with Crippen LogP contribution < -0.4 is 10.6 Å². The maximum absolute atomic E-state index is 13.6. The Morgan fingerprint density at radius 3 is 2.50 bits per heavy atom. The molecule has 1 aromatic carbocycles. The van der Waals surface area contributed by atoms with Gasteiger partial charge in [0, 0.05) is 18.7 Å². The van der Waals surface area contributed by atoms with Gasteiger partial charge in [-0.15, -0.1) is 0 Å². The Labute approximate surface area is 117 Å². The number of rotatable bonds is 4. The third kappa shape index (κ3) is 2.68. The van der Waals surface area contributed by atoms with Crippen LogP contribution in [0.25, 0.3) is 11.4 Å². The highest BCUT2D eigenvalue weighted by molar-refractivity contribution is 5.62. The molecule has 0 unspecified atom stereocenters. The molecular weight excluding hydrogens is 257 g/mol. The van der Waals surface area contributed by atoms with Gasteiger partial charge < -0.3 is 10.6 Å². The van der Waals surface area contributed by atoms with Crippen molar-refractivity contribution in [1.82, 2.24) is 15.0 Å². The molecule has 0 amide bonds. The number of anilines is 2. The first-order valence-corrected chi connectivity index (χ1v) is 6.58. The zero-order valence-corrected chi connectivity index (χ0v) is 11.9. The molecule has 0 bridgehead atoms. The smallest absolute Gasteiger partial charge is 0.230 e. The molecule has 0 atom stereocenters. The summed E-state index contributed by atoms with van der Waals surface area (Å²) < 4.78 is 13.6. The van der Waals surface area contributed by atoms with Gasteiger partial charge in [0.2, 0.25) is 11.9 Å². The maximum atomic E-state index is 13.6. The van der Waals surface area contributed by atoms with Gasteiger partial charge in [-0.2, -0.15) is 15.0 Å². The minimum absolute atomic E-state index is 0.139. The second-order valence-corrected chi connectivity index (χ2v) is 4.40. The van der Waals surface area contributed by atoms with Crippen LogP contribution in [0, 0.1) is 12.7 Å². The molecule has 0 saturated carbocycles. The molecule has 0 spiro atoms. The summed E-state index contributed by atoms with van der Waals surface area (Å²) in [6, 6.07) is 4.82. The number of hydrogen-bond donors (Lipinski definition) is 1. The molecule has 0 saturated heterocycles. The Hall–Kier alpha value is -2.24. The van der Waals surface area contributed by atoms with Crippen LogP contribution in [0.1, 0.15) is 19.4 Å². The molecular formula is C14H18FN5. The summed E-state index contributed by atoms with van der Waals surface area (Å²) in [6.07, 6.45) is 0. The zero-order chi connectivity index (χ0) is 14.7. The number of nitrogen functional groups attached to an aromatic ring is 1. The van der Waals surface area contributed by atoms with E-state index in [9.17, 15) is 4.39 Å². The summed E-state index contributed by atoms with van der Waals surface area (Å²) >= 11 is 0. The van der Waals surface area contributed by atoms with E-state index in [1.54, 1.807) is 19.1 Å². The average Bonchev–Trinajstić information content (AvgIpc) is 2.42. The van der Waals surface area contributed by atoms with Crippen LogP contribution in [-0.2, 0) is 0 Å². The summed E-state index contributed by atoms with van der Waals surface area (Å²) in [6.45, 7) is 7.25. The van der Waals surface area contributed by atoms with Crippen LogP contribution in [-0.4, -0.2) is 28.0 Å². The van der Waals surface area contributed by atoms with Crippen molar-refractivity contribution >= 4 is 11.9 Å². The molecule has 2 N–H and O–H groups in total. The third-order valence-corrected chi connectivity index (χ3v) is 3.20. The lowest BCUT2D eigenvalue weighted by Gasteiger charge is -2.19. The van der Waals surface area contributed by atoms with E-state index in [1.165, 1.54) is 6.07 Å². The van der Waals surface area contributed by atoms with Gasteiger partial charge in [0.05, 0.1) is 0 Å². The van der Waals surface area contributed by atoms with Gasteiger partial charge in [-0.05, 0) is 32.4 Å². The molecule has 2 aromatic rings. The summed E-state index contributed by atoms with van der Waals surface area (Å²) in [4.78, 5) is 14.6. The predicted molar refractivity (Wildman–Crippen MR) is 77.9 cm³/mol. The van der Waals surface area contributed by atoms with E-state index in [1.807, 2.05) is 18.7 Å². The lowest BCUT2D eigenvalue weighted by molar-refractivity contribution is 0.619. The van der Waals surface area contributed by atoms with E-state index in [0.717, 1.165) is 13.1 Å². The van der Waals surface area contributed by atoms with Crippen LogP contribution in [0.2, 0.25) is 0 Å². The summed E-state index contributed by atoms with van der Waals surface area (Å²) in [5, 5.41) is 0. The SMILES string of the molecule is CCN(CC)c1nc(N)nc(-c2cccc(F)c2C)n1. The first kappa shape index (κ1) is 14.2. The van der Waals surface area contributed by atoms with Crippen molar-refractivity contribution in [3.05, 3.63) is 29.6 Å². The fraction of sp³-hybridized carbons (Fsp3) is 0.357. The standard InChI is InChI=1S/C14H18FN5/c1-4-20(5-2)14-18-12(17-13(16)19-14)10-7-6-8-11(15)9(10)3/h6-8H,4-5H2,1-3H3,(H2,16,17,18,19). The minimum atomic E-state index is -0.286. The zero-order valence-electron chi connectivity index (χ0n) is 11.9. The quantitative estimate of drug-likeness (QED) is 0.928. The van der Waals surface area contributed by atoms with Crippen molar-refractivity contribution in [1.29, 1.82) is 0 Å². The number of aromatic nitrogens is 3. The van der Waals surface area contributed by atoms with Crippen molar-refractivity contribution < 1.29 is 4.39 Å². The minimum Gasteiger partial charge on any atom is -0.368 e. The Morgan fingerprint density at radius 2 is 1.85 bits per heavy atom. The molecule has 1 aromatic heterocycles. The van der Waals surface area contributed by atoms with Crippen molar-refractivity contribution in [2.75, 3.05) is 23.7 Å². The number of nitrogens with two attached hydrogens (primary N) is 1. The monoisotopic (exact) mass is 275 g/mol. The largest absolute Gasteiger partial charge is 0.368 e. The molecule has 106 valence electrons. The van der Waals surface area contributed by atoms with Crippen molar-refractivity contribution in [3.63, 3.8) is 0 Å². The first-order chi connectivity index (χ1) is 9.56. The molecule has 0 aliphatic heterocycles. The Kier molecular flexibility index (Phi) is 4.12. The molecule has 2 rings (SSSR count). The predicted octanol–water partition coefficient (Wildman–Crippen LogP) is 2.41.